The minimum Gasteiger partial charge on any atom is -0.497 e. The fourth-order valence-electron chi connectivity index (χ4n) is 3.03. The van der Waals surface area contributed by atoms with Gasteiger partial charge >= 0.3 is 0 Å². The van der Waals surface area contributed by atoms with Gasteiger partial charge in [0.1, 0.15) is 5.75 Å². The molecule has 0 aliphatic heterocycles. The molecule has 0 atom stereocenters. The lowest BCUT2D eigenvalue weighted by molar-refractivity contribution is 0.196. The largest absolute Gasteiger partial charge is 0.497 e. The van der Waals surface area contributed by atoms with E-state index in [-0.39, 0.29) is 5.54 Å². The van der Waals surface area contributed by atoms with Crippen LogP contribution in [0.3, 0.4) is 0 Å². The molecule has 2 N–H and O–H groups in total. The number of hydrogen-bond acceptors (Lipinski definition) is 2. The Balaban J connectivity index is 2.08. The van der Waals surface area contributed by atoms with Crippen molar-refractivity contribution >= 4 is 0 Å². The summed E-state index contributed by atoms with van der Waals surface area (Å²) < 4.78 is 5.20. The molecular weight excluding hydrogens is 222 g/mol. The zero-order chi connectivity index (χ0) is 13.2. The van der Waals surface area contributed by atoms with E-state index >= 15 is 0 Å². The maximum atomic E-state index is 6.59. The first-order valence-electron chi connectivity index (χ1n) is 6.98. The molecule has 0 saturated heterocycles. The van der Waals surface area contributed by atoms with Gasteiger partial charge in [-0.1, -0.05) is 26.0 Å². The molecule has 0 amide bonds. The van der Waals surface area contributed by atoms with E-state index in [1.54, 1.807) is 7.11 Å². The number of nitrogens with two attached hydrogens (primary N) is 1. The van der Waals surface area contributed by atoms with Crippen molar-refractivity contribution in [3.8, 4) is 5.75 Å². The third-order valence-corrected chi connectivity index (χ3v) is 4.53. The predicted molar refractivity (Wildman–Crippen MR) is 75.7 cm³/mol. The fourth-order valence-corrected chi connectivity index (χ4v) is 3.03. The van der Waals surface area contributed by atoms with Crippen LogP contribution in [0.5, 0.6) is 5.75 Å². The summed E-state index contributed by atoms with van der Waals surface area (Å²) in [5, 5.41) is 0. The number of hydrogen-bond donors (Lipinski definition) is 1. The van der Waals surface area contributed by atoms with E-state index in [0.29, 0.717) is 0 Å². The summed E-state index contributed by atoms with van der Waals surface area (Å²) in [5.74, 6) is 2.53. The van der Waals surface area contributed by atoms with Crippen molar-refractivity contribution in [1.82, 2.24) is 0 Å². The highest BCUT2D eigenvalue weighted by molar-refractivity contribution is 5.32. The van der Waals surface area contributed by atoms with E-state index in [2.05, 4.69) is 26.0 Å². The van der Waals surface area contributed by atoms with Gasteiger partial charge in [-0.2, -0.15) is 0 Å². The molecule has 0 radical (unpaired) electrons. The van der Waals surface area contributed by atoms with Crippen LogP contribution in [0.2, 0.25) is 0 Å². The first-order valence-corrected chi connectivity index (χ1v) is 6.98. The maximum absolute atomic E-state index is 6.59. The van der Waals surface area contributed by atoms with E-state index < -0.39 is 0 Å². The van der Waals surface area contributed by atoms with Gasteiger partial charge in [-0.15, -0.1) is 0 Å². The summed E-state index contributed by atoms with van der Waals surface area (Å²) in [7, 11) is 1.70. The molecule has 2 nitrogen and oxygen atoms in total. The minimum atomic E-state index is -0.127. The molecule has 1 aliphatic rings. The van der Waals surface area contributed by atoms with Gasteiger partial charge in [-0.3, -0.25) is 0 Å². The Labute approximate surface area is 111 Å². The molecule has 18 heavy (non-hydrogen) atoms. The molecule has 0 bridgehead atoms. The van der Waals surface area contributed by atoms with Crippen LogP contribution in [0.4, 0.5) is 0 Å². The molecule has 0 heterocycles. The second-order valence-corrected chi connectivity index (χ2v) is 5.97. The Morgan fingerprint density at radius 2 is 1.72 bits per heavy atom. The molecule has 0 unspecified atom stereocenters. The second kappa shape index (κ2) is 5.31. The normalized spacial score (nSPS) is 28.4. The molecule has 1 aromatic carbocycles. The summed E-state index contributed by atoms with van der Waals surface area (Å²) in [5.41, 5.74) is 7.72. The van der Waals surface area contributed by atoms with E-state index in [0.717, 1.165) is 30.4 Å². The van der Waals surface area contributed by atoms with Crippen LogP contribution < -0.4 is 10.5 Å². The van der Waals surface area contributed by atoms with Crippen molar-refractivity contribution < 1.29 is 4.74 Å². The van der Waals surface area contributed by atoms with Crippen LogP contribution in [0.1, 0.15) is 45.1 Å². The standard InChI is InChI=1S/C16H25NO/c1-12(2)13-8-10-16(17,11-9-13)14-4-6-15(18-3)7-5-14/h4-7,12-13H,8-11,17H2,1-3H3. The van der Waals surface area contributed by atoms with Crippen molar-refractivity contribution in [3.63, 3.8) is 0 Å². The number of methoxy groups -OCH3 is 1. The molecule has 2 heteroatoms. The topological polar surface area (TPSA) is 35.2 Å². The van der Waals surface area contributed by atoms with Crippen molar-refractivity contribution in [2.75, 3.05) is 7.11 Å². The van der Waals surface area contributed by atoms with Crippen molar-refractivity contribution in [1.29, 1.82) is 0 Å². The highest BCUT2D eigenvalue weighted by atomic mass is 16.5. The summed E-state index contributed by atoms with van der Waals surface area (Å²) >= 11 is 0. The highest BCUT2D eigenvalue weighted by Gasteiger charge is 2.33. The first-order chi connectivity index (χ1) is 8.55. The minimum absolute atomic E-state index is 0.127. The zero-order valence-corrected chi connectivity index (χ0v) is 11.8. The Kier molecular flexibility index (Phi) is 3.96. The monoisotopic (exact) mass is 247 g/mol. The van der Waals surface area contributed by atoms with Crippen LogP contribution in [-0.4, -0.2) is 7.11 Å². The van der Waals surface area contributed by atoms with Gasteiger partial charge in [0.25, 0.3) is 0 Å². The summed E-state index contributed by atoms with van der Waals surface area (Å²) in [6.45, 7) is 4.64. The number of benzene rings is 1. The molecule has 1 fully saturated rings. The Morgan fingerprint density at radius 3 is 2.17 bits per heavy atom. The van der Waals surface area contributed by atoms with E-state index in [1.807, 2.05) is 12.1 Å². The smallest absolute Gasteiger partial charge is 0.118 e. The Morgan fingerprint density at radius 1 is 1.17 bits per heavy atom. The zero-order valence-electron chi connectivity index (χ0n) is 11.8. The van der Waals surface area contributed by atoms with Crippen LogP contribution >= 0.6 is 0 Å². The van der Waals surface area contributed by atoms with Crippen LogP contribution in [0.25, 0.3) is 0 Å². The highest BCUT2D eigenvalue weighted by Crippen LogP contribution is 2.40. The van der Waals surface area contributed by atoms with Gasteiger partial charge in [0, 0.05) is 5.54 Å². The quantitative estimate of drug-likeness (QED) is 0.884. The van der Waals surface area contributed by atoms with Gasteiger partial charge in [0.2, 0.25) is 0 Å². The lowest BCUT2D eigenvalue weighted by atomic mass is 9.70. The predicted octanol–water partition coefficient (Wildman–Crippen LogP) is 3.70. The summed E-state index contributed by atoms with van der Waals surface area (Å²) in [4.78, 5) is 0. The number of ether oxygens (including phenoxy) is 1. The van der Waals surface area contributed by atoms with Crippen molar-refractivity contribution in [3.05, 3.63) is 29.8 Å². The number of rotatable bonds is 3. The first kappa shape index (κ1) is 13.4. The second-order valence-electron chi connectivity index (χ2n) is 5.97. The lowest BCUT2D eigenvalue weighted by Gasteiger charge is -2.39. The van der Waals surface area contributed by atoms with Crippen molar-refractivity contribution in [2.45, 2.75) is 45.1 Å². The molecule has 1 saturated carbocycles. The molecule has 100 valence electrons. The van der Waals surface area contributed by atoms with Crippen LogP contribution in [-0.2, 0) is 5.54 Å². The van der Waals surface area contributed by atoms with Crippen LogP contribution in [0, 0.1) is 11.8 Å². The van der Waals surface area contributed by atoms with Gasteiger partial charge in [-0.25, -0.2) is 0 Å². The summed E-state index contributed by atoms with van der Waals surface area (Å²) in [6, 6.07) is 8.26. The maximum Gasteiger partial charge on any atom is 0.118 e. The van der Waals surface area contributed by atoms with Gasteiger partial charge < -0.3 is 10.5 Å². The van der Waals surface area contributed by atoms with E-state index in [9.17, 15) is 0 Å². The van der Waals surface area contributed by atoms with Gasteiger partial charge in [0.15, 0.2) is 0 Å². The Bertz CT molecular complexity index is 375. The average Bonchev–Trinajstić information content (AvgIpc) is 2.39. The van der Waals surface area contributed by atoms with E-state index in [1.165, 1.54) is 18.4 Å². The van der Waals surface area contributed by atoms with Crippen molar-refractivity contribution in [2.24, 2.45) is 17.6 Å². The third-order valence-electron chi connectivity index (χ3n) is 4.53. The Hall–Kier alpha value is -1.02. The summed E-state index contributed by atoms with van der Waals surface area (Å²) in [6.07, 6.45) is 4.70. The molecule has 0 spiro atoms. The van der Waals surface area contributed by atoms with E-state index in [4.69, 9.17) is 10.5 Å². The average molecular weight is 247 g/mol. The lowest BCUT2D eigenvalue weighted by Crippen LogP contribution is -2.41. The fraction of sp³-hybridized carbons (Fsp3) is 0.625. The molecule has 0 aromatic heterocycles. The van der Waals surface area contributed by atoms with Crippen LogP contribution in [0.15, 0.2) is 24.3 Å². The molecule has 1 aromatic rings. The van der Waals surface area contributed by atoms with Gasteiger partial charge in [-0.05, 0) is 55.2 Å². The molecular formula is C16H25NO. The van der Waals surface area contributed by atoms with Gasteiger partial charge in [0.05, 0.1) is 7.11 Å². The SMILES string of the molecule is COc1ccc(C2(N)CCC(C(C)C)CC2)cc1. The third kappa shape index (κ3) is 2.69. The molecule has 1 aliphatic carbocycles. The molecule has 2 rings (SSSR count).